The van der Waals surface area contributed by atoms with Crippen molar-refractivity contribution in [2.24, 2.45) is 0 Å². The molecule has 0 saturated heterocycles. The van der Waals surface area contributed by atoms with Crippen LogP contribution in [0.1, 0.15) is 25.3 Å². The van der Waals surface area contributed by atoms with E-state index in [2.05, 4.69) is 5.32 Å². The number of likely N-dealkylation sites (N-methyl/N-ethyl adjacent to an activating group) is 1. The smallest absolute Gasteiger partial charge is 0.126 e. The molecule has 0 bridgehead atoms. The van der Waals surface area contributed by atoms with Gasteiger partial charge in [-0.15, -0.1) is 0 Å². The SMILES string of the molecule is CNC(CCC(C)OC)Cc1cc(F)ccc1F. The van der Waals surface area contributed by atoms with E-state index in [1.54, 1.807) is 7.11 Å². The zero-order chi connectivity index (χ0) is 13.5. The van der Waals surface area contributed by atoms with Crippen LogP contribution in [0.5, 0.6) is 0 Å². The lowest BCUT2D eigenvalue weighted by Crippen LogP contribution is -2.29. The second-order valence-corrected chi connectivity index (χ2v) is 4.55. The third kappa shape index (κ3) is 4.70. The van der Waals surface area contributed by atoms with E-state index in [0.29, 0.717) is 12.0 Å². The third-order valence-electron chi connectivity index (χ3n) is 3.21. The van der Waals surface area contributed by atoms with Crippen LogP contribution in [0.3, 0.4) is 0 Å². The molecule has 4 heteroatoms. The van der Waals surface area contributed by atoms with Crippen LogP contribution in [-0.2, 0) is 11.2 Å². The van der Waals surface area contributed by atoms with Crippen molar-refractivity contribution in [2.45, 2.75) is 38.3 Å². The van der Waals surface area contributed by atoms with E-state index < -0.39 is 5.82 Å². The number of benzene rings is 1. The number of nitrogens with one attached hydrogen (secondary N) is 1. The average Bonchev–Trinajstić information content (AvgIpc) is 2.37. The van der Waals surface area contributed by atoms with Gasteiger partial charge in [0.05, 0.1) is 6.10 Å². The summed E-state index contributed by atoms with van der Waals surface area (Å²) in [7, 11) is 3.50. The van der Waals surface area contributed by atoms with Gasteiger partial charge in [0, 0.05) is 13.2 Å². The number of hydrogen-bond donors (Lipinski definition) is 1. The van der Waals surface area contributed by atoms with Crippen LogP contribution in [0, 0.1) is 11.6 Å². The van der Waals surface area contributed by atoms with Crippen LogP contribution in [0.15, 0.2) is 18.2 Å². The van der Waals surface area contributed by atoms with Crippen LogP contribution in [-0.4, -0.2) is 26.3 Å². The Morgan fingerprint density at radius 1 is 1.28 bits per heavy atom. The fourth-order valence-electron chi connectivity index (χ4n) is 1.87. The summed E-state index contributed by atoms with van der Waals surface area (Å²) in [6, 6.07) is 3.70. The molecule has 0 aromatic heterocycles. The van der Waals surface area contributed by atoms with Crippen molar-refractivity contribution in [1.82, 2.24) is 5.32 Å². The fraction of sp³-hybridized carbons (Fsp3) is 0.571. The predicted molar refractivity (Wildman–Crippen MR) is 68.6 cm³/mol. The summed E-state index contributed by atoms with van der Waals surface area (Å²) in [4.78, 5) is 0. The highest BCUT2D eigenvalue weighted by Crippen LogP contribution is 2.14. The quantitative estimate of drug-likeness (QED) is 0.811. The van der Waals surface area contributed by atoms with E-state index >= 15 is 0 Å². The van der Waals surface area contributed by atoms with Gasteiger partial charge < -0.3 is 10.1 Å². The maximum Gasteiger partial charge on any atom is 0.126 e. The van der Waals surface area contributed by atoms with Gasteiger partial charge in [-0.25, -0.2) is 8.78 Å². The normalized spacial score (nSPS) is 14.5. The lowest BCUT2D eigenvalue weighted by atomic mass is 10.00. The summed E-state index contributed by atoms with van der Waals surface area (Å²) in [5.74, 6) is -0.747. The molecule has 0 aliphatic heterocycles. The molecule has 2 unspecified atom stereocenters. The summed E-state index contributed by atoms with van der Waals surface area (Å²) >= 11 is 0. The highest BCUT2D eigenvalue weighted by molar-refractivity contribution is 5.19. The number of halogens is 2. The van der Waals surface area contributed by atoms with Gasteiger partial charge >= 0.3 is 0 Å². The van der Waals surface area contributed by atoms with Gasteiger partial charge in [0.2, 0.25) is 0 Å². The van der Waals surface area contributed by atoms with Gasteiger partial charge in [0.15, 0.2) is 0 Å². The second-order valence-electron chi connectivity index (χ2n) is 4.55. The van der Waals surface area contributed by atoms with Crippen molar-refractivity contribution in [2.75, 3.05) is 14.2 Å². The third-order valence-corrected chi connectivity index (χ3v) is 3.21. The van der Waals surface area contributed by atoms with E-state index in [9.17, 15) is 8.78 Å². The van der Waals surface area contributed by atoms with E-state index in [0.717, 1.165) is 18.9 Å². The Balaban J connectivity index is 2.59. The van der Waals surface area contributed by atoms with Gasteiger partial charge in [0.25, 0.3) is 0 Å². The van der Waals surface area contributed by atoms with Crippen molar-refractivity contribution >= 4 is 0 Å². The highest BCUT2D eigenvalue weighted by Gasteiger charge is 2.13. The van der Waals surface area contributed by atoms with Crippen molar-refractivity contribution in [3.8, 4) is 0 Å². The van der Waals surface area contributed by atoms with Crippen LogP contribution in [0.25, 0.3) is 0 Å². The Hall–Kier alpha value is -1.00. The molecule has 0 heterocycles. The molecule has 0 aliphatic rings. The Morgan fingerprint density at radius 2 is 2.00 bits per heavy atom. The first-order chi connectivity index (χ1) is 8.56. The van der Waals surface area contributed by atoms with E-state index in [4.69, 9.17) is 4.74 Å². The lowest BCUT2D eigenvalue weighted by Gasteiger charge is -2.18. The number of ether oxygens (including phenoxy) is 1. The average molecular weight is 257 g/mol. The molecule has 1 aromatic carbocycles. The summed E-state index contributed by atoms with van der Waals surface area (Å²) in [6.45, 7) is 2.00. The first-order valence-corrected chi connectivity index (χ1v) is 6.20. The van der Waals surface area contributed by atoms with Gasteiger partial charge in [0.1, 0.15) is 11.6 Å². The molecule has 1 aromatic rings. The van der Waals surface area contributed by atoms with Gasteiger partial charge in [-0.2, -0.15) is 0 Å². The maximum absolute atomic E-state index is 13.5. The zero-order valence-electron chi connectivity index (χ0n) is 11.2. The monoisotopic (exact) mass is 257 g/mol. The Labute approximate surface area is 107 Å². The topological polar surface area (TPSA) is 21.3 Å². The fourth-order valence-corrected chi connectivity index (χ4v) is 1.87. The number of hydrogen-bond acceptors (Lipinski definition) is 2. The minimum absolute atomic E-state index is 0.124. The molecule has 0 aliphatic carbocycles. The molecule has 18 heavy (non-hydrogen) atoms. The number of methoxy groups -OCH3 is 1. The standard InChI is InChI=1S/C14H21F2NO/c1-10(18-3)4-6-13(17-2)9-11-8-12(15)5-7-14(11)16/h5,7-8,10,13,17H,4,6,9H2,1-3H3. The molecule has 0 fully saturated rings. The number of rotatable bonds is 7. The summed E-state index contributed by atoms with van der Waals surface area (Å²) in [5, 5.41) is 3.13. The molecule has 0 saturated carbocycles. The minimum Gasteiger partial charge on any atom is -0.382 e. The molecule has 0 amide bonds. The van der Waals surface area contributed by atoms with Gasteiger partial charge in [-0.1, -0.05) is 0 Å². The lowest BCUT2D eigenvalue weighted by molar-refractivity contribution is 0.106. The molecule has 1 N–H and O–H groups in total. The Morgan fingerprint density at radius 3 is 2.61 bits per heavy atom. The second kappa shape index (κ2) is 7.44. The van der Waals surface area contributed by atoms with Crippen molar-refractivity contribution in [1.29, 1.82) is 0 Å². The summed E-state index contributed by atoms with van der Waals surface area (Å²) in [6.07, 6.45) is 2.41. The summed E-state index contributed by atoms with van der Waals surface area (Å²) < 4.78 is 31.8. The molecule has 102 valence electrons. The maximum atomic E-state index is 13.5. The van der Waals surface area contributed by atoms with E-state index in [1.807, 2.05) is 14.0 Å². The van der Waals surface area contributed by atoms with Crippen molar-refractivity contribution < 1.29 is 13.5 Å². The van der Waals surface area contributed by atoms with Crippen molar-refractivity contribution in [3.05, 3.63) is 35.4 Å². The molecule has 1 rings (SSSR count). The molecule has 2 nitrogen and oxygen atoms in total. The van der Waals surface area contributed by atoms with Crippen LogP contribution in [0.4, 0.5) is 8.78 Å². The minimum atomic E-state index is -0.397. The molecular weight excluding hydrogens is 236 g/mol. The predicted octanol–water partition coefficient (Wildman–Crippen LogP) is 2.91. The molecule has 0 spiro atoms. The van der Waals surface area contributed by atoms with Gasteiger partial charge in [-0.05, 0) is 57.0 Å². The van der Waals surface area contributed by atoms with E-state index in [1.165, 1.54) is 12.1 Å². The van der Waals surface area contributed by atoms with Crippen molar-refractivity contribution in [3.63, 3.8) is 0 Å². The van der Waals surface area contributed by atoms with Gasteiger partial charge in [-0.3, -0.25) is 0 Å². The summed E-state index contributed by atoms with van der Waals surface area (Å²) in [5.41, 5.74) is 0.416. The molecule has 0 radical (unpaired) electrons. The van der Waals surface area contributed by atoms with Crippen LogP contribution >= 0.6 is 0 Å². The highest BCUT2D eigenvalue weighted by atomic mass is 19.1. The molecular formula is C14H21F2NO. The van der Waals surface area contributed by atoms with E-state index in [-0.39, 0.29) is 18.0 Å². The largest absolute Gasteiger partial charge is 0.382 e. The Bertz CT molecular complexity index is 371. The Kier molecular flexibility index (Phi) is 6.22. The first-order valence-electron chi connectivity index (χ1n) is 6.20. The first kappa shape index (κ1) is 15.1. The zero-order valence-corrected chi connectivity index (χ0v) is 11.2. The van der Waals surface area contributed by atoms with Crippen LogP contribution in [0.2, 0.25) is 0 Å². The molecule has 2 atom stereocenters. The van der Waals surface area contributed by atoms with Crippen LogP contribution < -0.4 is 5.32 Å².